The lowest BCUT2D eigenvalue weighted by Gasteiger charge is -2.50. The van der Waals surface area contributed by atoms with Crippen LogP contribution in [0.4, 0.5) is 0 Å². The number of carboxylic acids is 1. The van der Waals surface area contributed by atoms with Gasteiger partial charge in [0.25, 0.3) is 0 Å². The lowest BCUT2D eigenvalue weighted by molar-refractivity contribution is 0.0697. The quantitative estimate of drug-likeness (QED) is 0.286. The molecular weight excluding hydrogens is 426 g/mol. The van der Waals surface area contributed by atoms with Gasteiger partial charge in [0, 0.05) is 11.5 Å². The zero-order valence-corrected chi connectivity index (χ0v) is 21.7. The molecule has 1 saturated carbocycles. The number of rotatable bonds is 10. The minimum absolute atomic E-state index is 0.00968. The van der Waals surface area contributed by atoms with Crippen LogP contribution in [-0.2, 0) is 9.57 Å². The van der Waals surface area contributed by atoms with E-state index in [1.54, 1.807) is 12.1 Å². The molecule has 1 unspecified atom stereocenters. The maximum atomic E-state index is 11.4. The van der Waals surface area contributed by atoms with Crippen molar-refractivity contribution in [3.05, 3.63) is 52.8 Å². The minimum atomic E-state index is -0.934. The highest BCUT2D eigenvalue weighted by molar-refractivity contribution is 6.27. The number of benzene rings is 1. The maximum Gasteiger partial charge on any atom is 0.335 e. The molecule has 186 valence electrons. The molecule has 5 heteroatoms. The maximum absolute atomic E-state index is 11.4. The van der Waals surface area contributed by atoms with Crippen molar-refractivity contribution < 1.29 is 19.5 Å². The fourth-order valence-electron chi connectivity index (χ4n) is 5.16. The molecule has 0 amide bonds. The van der Waals surface area contributed by atoms with Gasteiger partial charge in [0.1, 0.15) is 12.4 Å². The molecule has 0 bridgehead atoms. The zero-order valence-electron chi connectivity index (χ0n) is 21.7. The third kappa shape index (κ3) is 5.56. The van der Waals surface area contributed by atoms with Crippen molar-refractivity contribution in [2.45, 2.75) is 80.1 Å². The van der Waals surface area contributed by atoms with Crippen LogP contribution in [0.15, 0.2) is 46.8 Å². The predicted octanol–water partition coefficient (Wildman–Crippen LogP) is 7.49. The number of oxime groups is 1. The summed E-state index contributed by atoms with van der Waals surface area (Å²) in [6.45, 7) is 14.6. The molecule has 1 aromatic carbocycles. The Morgan fingerprint density at radius 3 is 2.38 bits per heavy atom. The van der Waals surface area contributed by atoms with Gasteiger partial charge in [-0.15, -0.1) is 0 Å². The smallest absolute Gasteiger partial charge is 0.335 e. The standard InChI is InChI=1S/C29H41NO4/c1-7-9-10-11-18-34-30-26-24(20-12-14-21(15-13-20)27(31)32)23(33-8-2)19-22-25(26)29(5,6)17-16-28(22,3)4/h12-15,19,25H,7-11,16-18H2,1-6H3,(H,31,32). The molecule has 2 aliphatic carbocycles. The summed E-state index contributed by atoms with van der Waals surface area (Å²) in [5, 5.41) is 14.2. The van der Waals surface area contributed by atoms with Gasteiger partial charge in [-0.05, 0) is 67.2 Å². The number of carbonyl (C=O) groups is 1. The summed E-state index contributed by atoms with van der Waals surface area (Å²) in [6.07, 6.45) is 8.92. The summed E-state index contributed by atoms with van der Waals surface area (Å²) >= 11 is 0. The van der Waals surface area contributed by atoms with Gasteiger partial charge in [0.2, 0.25) is 0 Å². The van der Waals surface area contributed by atoms with Gasteiger partial charge >= 0.3 is 5.97 Å². The molecule has 1 N–H and O–H groups in total. The van der Waals surface area contributed by atoms with E-state index in [2.05, 4.69) is 40.7 Å². The monoisotopic (exact) mass is 467 g/mol. The number of unbranched alkanes of at least 4 members (excludes halogenated alkanes) is 3. The second-order valence-electron chi connectivity index (χ2n) is 10.8. The molecule has 0 aromatic heterocycles. The fraction of sp³-hybridized carbons (Fsp3) is 0.586. The van der Waals surface area contributed by atoms with E-state index in [9.17, 15) is 9.90 Å². The lowest BCUT2D eigenvalue weighted by atomic mass is 9.54. The highest BCUT2D eigenvalue weighted by Crippen LogP contribution is 2.56. The molecule has 0 radical (unpaired) electrons. The predicted molar refractivity (Wildman–Crippen MR) is 138 cm³/mol. The van der Waals surface area contributed by atoms with Gasteiger partial charge in [-0.3, -0.25) is 0 Å². The third-order valence-electron chi connectivity index (χ3n) is 7.30. The average molecular weight is 468 g/mol. The van der Waals surface area contributed by atoms with E-state index in [1.807, 2.05) is 19.1 Å². The van der Waals surface area contributed by atoms with E-state index < -0.39 is 5.97 Å². The first-order chi connectivity index (χ1) is 16.1. The van der Waals surface area contributed by atoms with Crippen LogP contribution < -0.4 is 0 Å². The second kappa shape index (κ2) is 10.8. The molecule has 1 atom stereocenters. The van der Waals surface area contributed by atoms with E-state index >= 15 is 0 Å². The van der Waals surface area contributed by atoms with E-state index in [0.29, 0.717) is 13.2 Å². The van der Waals surface area contributed by atoms with Crippen molar-refractivity contribution in [1.82, 2.24) is 0 Å². The normalized spacial score (nSPS) is 22.2. The number of carboxylic acid groups (broad SMARTS) is 1. The van der Waals surface area contributed by atoms with Crippen molar-refractivity contribution in [2.75, 3.05) is 13.2 Å². The molecule has 1 fully saturated rings. The number of allylic oxidation sites excluding steroid dienone is 3. The van der Waals surface area contributed by atoms with E-state index in [0.717, 1.165) is 48.3 Å². The molecule has 0 aliphatic heterocycles. The number of hydrogen-bond donors (Lipinski definition) is 1. The summed E-state index contributed by atoms with van der Waals surface area (Å²) < 4.78 is 6.18. The molecule has 3 rings (SSSR count). The second-order valence-corrected chi connectivity index (χ2v) is 10.8. The Hall–Kier alpha value is -2.56. The Labute approximate surface area is 204 Å². The van der Waals surface area contributed by atoms with Crippen molar-refractivity contribution >= 4 is 17.3 Å². The van der Waals surface area contributed by atoms with Crippen LogP contribution in [0.25, 0.3) is 5.57 Å². The van der Waals surface area contributed by atoms with Crippen LogP contribution in [-0.4, -0.2) is 30.0 Å². The van der Waals surface area contributed by atoms with Crippen LogP contribution in [0.2, 0.25) is 0 Å². The van der Waals surface area contributed by atoms with Gasteiger partial charge in [0.05, 0.1) is 17.9 Å². The first kappa shape index (κ1) is 26.1. The Balaban J connectivity index is 2.13. The number of fused-ring (bicyclic) bond motifs is 1. The summed E-state index contributed by atoms with van der Waals surface area (Å²) in [7, 11) is 0. The first-order valence-electron chi connectivity index (χ1n) is 12.8. The number of ether oxygens (including phenoxy) is 1. The van der Waals surface area contributed by atoms with Gasteiger partial charge in [-0.1, -0.05) is 70.3 Å². The summed E-state index contributed by atoms with van der Waals surface area (Å²) in [5.74, 6) is -0.0444. The molecule has 0 spiro atoms. The SMILES string of the molecule is CCCCCCON=C1C(c2ccc(C(=O)O)cc2)=C(OCC)C=C2C1C(C)(C)CCC2(C)C. The summed E-state index contributed by atoms with van der Waals surface area (Å²) in [6, 6.07) is 7.00. The highest BCUT2D eigenvalue weighted by Gasteiger charge is 2.49. The number of aromatic carboxylic acids is 1. The van der Waals surface area contributed by atoms with Gasteiger partial charge in [0.15, 0.2) is 0 Å². The fourth-order valence-corrected chi connectivity index (χ4v) is 5.16. The van der Waals surface area contributed by atoms with E-state index in [1.165, 1.54) is 18.4 Å². The molecule has 0 heterocycles. The molecule has 0 saturated heterocycles. The van der Waals surface area contributed by atoms with Crippen molar-refractivity contribution in [3.8, 4) is 0 Å². The molecule has 1 aromatic rings. The van der Waals surface area contributed by atoms with E-state index in [4.69, 9.17) is 14.7 Å². The summed E-state index contributed by atoms with van der Waals surface area (Å²) in [4.78, 5) is 17.4. The van der Waals surface area contributed by atoms with Crippen LogP contribution in [0, 0.1) is 16.7 Å². The molecule has 5 nitrogen and oxygen atoms in total. The van der Waals surface area contributed by atoms with Gasteiger partial charge in [-0.25, -0.2) is 4.79 Å². The average Bonchev–Trinajstić information content (AvgIpc) is 2.79. The molecule has 2 aliphatic rings. The van der Waals surface area contributed by atoms with Crippen LogP contribution in [0.1, 0.15) is 96.0 Å². The Morgan fingerprint density at radius 1 is 1.06 bits per heavy atom. The van der Waals surface area contributed by atoms with E-state index in [-0.39, 0.29) is 22.3 Å². The third-order valence-corrected chi connectivity index (χ3v) is 7.30. The Morgan fingerprint density at radius 2 is 1.76 bits per heavy atom. The van der Waals surface area contributed by atoms with Crippen LogP contribution in [0.3, 0.4) is 0 Å². The highest BCUT2D eigenvalue weighted by atomic mass is 16.6. The number of hydrogen-bond acceptors (Lipinski definition) is 4. The van der Waals surface area contributed by atoms with Crippen LogP contribution >= 0.6 is 0 Å². The zero-order chi connectivity index (χ0) is 24.9. The topological polar surface area (TPSA) is 68.1 Å². The number of nitrogens with zero attached hydrogens (tertiary/aromatic N) is 1. The van der Waals surface area contributed by atoms with Crippen molar-refractivity contribution in [3.63, 3.8) is 0 Å². The van der Waals surface area contributed by atoms with Gasteiger partial charge < -0.3 is 14.7 Å². The molecule has 34 heavy (non-hydrogen) atoms. The first-order valence-corrected chi connectivity index (χ1v) is 12.8. The van der Waals surface area contributed by atoms with Crippen molar-refractivity contribution in [2.24, 2.45) is 21.9 Å². The Bertz CT molecular complexity index is 966. The van der Waals surface area contributed by atoms with Gasteiger partial charge in [-0.2, -0.15) is 0 Å². The largest absolute Gasteiger partial charge is 0.493 e. The minimum Gasteiger partial charge on any atom is -0.493 e. The Kier molecular flexibility index (Phi) is 8.27. The summed E-state index contributed by atoms with van der Waals surface area (Å²) in [5.41, 5.74) is 4.35. The van der Waals surface area contributed by atoms with Crippen LogP contribution in [0.5, 0.6) is 0 Å². The lowest BCUT2D eigenvalue weighted by Crippen LogP contribution is -2.44. The molecular formula is C29H41NO4. The van der Waals surface area contributed by atoms with Crippen molar-refractivity contribution in [1.29, 1.82) is 0 Å².